The lowest BCUT2D eigenvalue weighted by Gasteiger charge is -2.20. The van der Waals surface area contributed by atoms with E-state index in [-0.39, 0.29) is 19.8 Å². The average molecular weight is 453 g/mol. The molecule has 0 rings (SSSR count). The smallest absolute Gasteiger partial charge is 0.418 e. The lowest BCUT2D eigenvalue weighted by Crippen LogP contribution is -2.45. The molecular weight excluding hydrogens is 416 g/mol. The van der Waals surface area contributed by atoms with Gasteiger partial charge in [-0.25, -0.2) is 29.1 Å². The van der Waals surface area contributed by atoms with E-state index in [1.54, 1.807) is 0 Å². The van der Waals surface area contributed by atoms with Crippen LogP contribution in [0.15, 0.2) is 30.3 Å². The molecule has 10 heteroatoms. The highest BCUT2D eigenvalue weighted by atomic mass is 16.6. The molecule has 32 heavy (non-hydrogen) atoms. The van der Waals surface area contributed by atoms with Crippen LogP contribution in [-0.2, 0) is 14.3 Å². The van der Waals surface area contributed by atoms with Crippen LogP contribution in [0.3, 0.4) is 0 Å². The van der Waals surface area contributed by atoms with E-state index in [9.17, 15) is 19.2 Å². The number of aliphatic imine (C=N–C) groups is 1. The molecule has 0 bridgehead atoms. The highest BCUT2D eigenvalue weighted by Crippen LogP contribution is 2.05. The Morgan fingerprint density at radius 1 is 0.844 bits per heavy atom. The molecule has 4 amide bonds. The van der Waals surface area contributed by atoms with Gasteiger partial charge in [0.1, 0.15) is 13.2 Å². The fourth-order valence-electron chi connectivity index (χ4n) is 2.61. The van der Waals surface area contributed by atoms with Crippen molar-refractivity contribution in [2.24, 2.45) is 4.99 Å². The lowest BCUT2D eigenvalue weighted by atomic mass is 10.2. The van der Waals surface area contributed by atoms with Gasteiger partial charge in [-0.05, 0) is 25.7 Å². The Hall–Kier alpha value is -3.13. The van der Waals surface area contributed by atoms with Gasteiger partial charge in [0.2, 0.25) is 6.08 Å². The third-order valence-electron chi connectivity index (χ3n) is 4.24. The number of carbonyl (C=O) groups excluding carboxylic acids is 4. The predicted octanol–water partition coefficient (Wildman–Crippen LogP) is 3.69. The third kappa shape index (κ3) is 16.6. The molecule has 0 aromatic heterocycles. The fraction of sp³-hybridized carbons (Fsp3) is 0.636. The molecule has 2 N–H and O–H groups in total. The number of rotatable bonds is 18. The van der Waals surface area contributed by atoms with Crippen LogP contribution in [0.5, 0.6) is 0 Å². The van der Waals surface area contributed by atoms with Crippen LogP contribution in [0.25, 0.3) is 0 Å². The first-order chi connectivity index (χ1) is 15.6. The zero-order valence-corrected chi connectivity index (χ0v) is 18.8. The molecule has 0 saturated heterocycles. The van der Waals surface area contributed by atoms with Gasteiger partial charge in [0.05, 0.1) is 6.54 Å². The number of nitrogens with zero attached hydrogens (tertiary/aromatic N) is 2. The molecule has 0 heterocycles. The Balaban J connectivity index is 4.16. The molecule has 0 aliphatic rings. The van der Waals surface area contributed by atoms with Crippen molar-refractivity contribution in [2.75, 3.05) is 39.4 Å². The molecule has 0 radical (unpaired) electrons. The van der Waals surface area contributed by atoms with Crippen LogP contribution in [0, 0.1) is 0 Å². The third-order valence-corrected chi connectivity index (χ3v) is 4.24. The Kier molecular flexibility index (Phi) is 19.1. The highest BCUT2D eigenvalue weighted by Gasteiger charge is 2.21. The quantitative estimate of drug-likeness (QED) is 0.141. The molecule has 0 saturated carbocycles. The summed E-state index contributed by atoms with van der Waals surface area (Å²) >= 11 is 0. The van der Waals surface area contributed by atoms with Crippen LogP contribution in [0.2, 0.25) is 0 Å². The van der Waals surface area contributed by atoms with E-state index in [1.807, 2.05) is 0 Å². The Labute approximate surface area is 190 Å². The van der Waals surface area contributed by atoms with Crippen molar-refractivity contribution < 1.29 is 28.7 Å². The number of hydrogen-bond acceptors (Lipinski definition) is 7. The molecule has 180 valence electrons. The number of alkyl carbamates (subject to hydrolysis) is 1. The molecule has 0 aliphatic carbocycles. The number of hydrogen-bond donors (Lipinski definition) is 2. The van der Waals surface area contributed by atoms with E-state index in [1.165, 1.54) is 18.2 Å². The normalized spacial score (nSPS) is 9.75. The number of nitrogens with one attached hydrogen (secondary N) is 2. The first-order valence-electron chi connectivity index (χ1n) is 10.9. The van der Waals surface area contributed by atoms with Gasteiger partial charge < -0.3 is 20.1 Å². The summed E-state index contributed by atoms with van der Waals surface area (Å²) in [6.45, 7) is 8.79. The van der Waals surface area contributed by atoms with E-state index in [2.05, 4.69) is 28.8 Å². The Morgan fingerprint density at radius 2 is 1.44 bits per heavy atom. The molecule has 0 unspecified atom stereocenters. The molecule has 0 aliphatic heterocycles. The Bertz CT molecular complexity index is 620. The molecule has 0 aromatic rings. The van der Waals surface area contributed by atoms with Crippen molar-refractivity contribution in [3.05, 3.63) is 25.3 Å². The molecule has 10 nitrogen and oxygen atoms in total. The topological polar surface area (TPSA) is 126 Å². The minimum Gasteiger partial charge on any atom is -0.445 e. The van der Waals surface area contributed by atoms with E-state index >= 15 is 0 Å². The minimum absolute atomic E-state index is 0.0273. The maximum absolute atomic E-state index is 12.4. The van der Waals surface area contributed by atoms with Crippen molar-refractivity contribution in [1.82, 2.24) is 15.5 Å². The van der Waals surface area contributed by atoms with Crippen LogP contribution < -0.4 is 10.6 Å². The van der Waals surface area contributed by atoms with E-state index in [0.717, 1.165) is 49.8 Å². The van der Waals surface area contributed by atoms with Gasteiger partial charge in [-0.2, -0.15) is 0 Å². The minimum atomic E-state index is -0.708. The van der Waals surface area contributed by atoms with Crippen molar-refractivity contribution in [3.63, 3.8) is 0 Å². The second-order valence-electron chi connectivity index (χ2n) is 6.86. The van der Waals surface area contributed by atoms with E-state index in [4.69, 9.17) is 9.47 Å². The number of imide groups is 1. The largest absolute Gasteiger partial charge is 0.445 e. The van der Waals surface area contributed by atoms with Gasteiger partial charge in [-0.1, -0.05) is 51.0 Å². The number of isocyanates is 1. The van der Waals surface area contributed by atoms with Gasteiger partial charge >= 0.3 is 18.2 Å². The molecule has 0 aromatic carbocycles. The maximum Gasteiger partial charge on any atom is 0.418 e. The summed E-state index contributed by atoms with van der Waals surface area (Å²) in [5.41, 5.74) is 0. The number of urea groups is 1. The average Bonchev–Trinajstić information content (AvgIpc) is 2.79. The summed E-state index contributed by atoms with van der Waals surface area (Å²) in [7, 11) is 0. The van der Waals surface area contributed by atoms with Gasteiger partial charge in [0.15, 0.2) is 0 Å². The zero-order chi connectivity index (χ0) is 23.9. The number of carbonyl (C=O) groups is 3. The fourth-order valence-corrected chi connectivity index (χ4v) is 2.61. The van der Waals surface area contributed by atoms with Gasteiger partial charge in [-0.15, -0.1) is 0 Å². The molecule has 0 spiro atoms. The second-order valence-corrected chi connectivity index (χ2v) is 6.86. The summed E-state index contributed by atoms with van der Waals surface area (Å²) in [6.07, 6.45) is 9.57. The highest BCUT2D eigenvalue weighted by molar-refractivity contribution is 5.90. The maximum atomic E-state index is 12.4. The summed E-state index contributed by atoms with van der Waals surface area (Å²) in [6, 6.07) is -0.490. The number of ether oxygens (including phenoxy) is 2. The first kappa shape index (κ1) is 28.9. The monoisotopic (exact) mass is 452 g/mol. The zero-order valence-electron chi connectivity index (χ0n) is 18.8. The Morgan fingerprint density at radius 3 is 2.09 bits per heavy atom. The van der Waals surface area contributed by atoms with Crippen molar-refractivity contribution >= 4 is 24.3 Å². The van der Waals surface area contributed by atoms with Crippen LogP contribution in [0.1, 0.15) is 51.4 Å². The van der Waals surface area contributed by atoms with E-state index < -0.39 is 18.2 Å². The summed E-state index contributed by atoms with van der Waals surface area (Å²) in [4.78, 5) is 50.4. The summed E-state index contributed by atoms with van der Waals surface area (Å²) in [5.74, 6) is 0. The number of amides is 4. The molecule has 0 atom stereocenters. The SMILES string of the molecule is C=CCOC(=O)NCCCCCCN(C(=O)NCCCCCCN=C=O)C(=O)OCC=C. The van der Waals surface area contributed by atoms with Gasteiger partial charge in [0, 0.05) is 19.6 Å². The summed E-state index contributed by atoms with van der Waals surface area (Å²) in [5, 5.41) is 5.37. The van der Waals surface area contributed by atoms with Crippen molar-refractivity contribution in [1.29, 1.82) is 0 Å². The van der Waals surface area contributed by atoms with Crippen molar-refractivity contribution in [3.8, 4) is 0 Å². The second kappa shape index (κ2) is 21.1. The number of unbranched alkanes of at least 4 members (excludes halogenated alkanes) is 6. The van der Waals surface area contributed by atoms with E-state index in [0.29, 0.717) is 26.1 Å². The predicted molar refractivity (Wildman–Crippen MR) is 121 cm³/mol. The van der Waals surface area contributed by atoms with Crippen molar-refractivity contribution in [2.45, 2.75) is 51.4 Å². The lowest BCUT2D eigenvalue weighted by molar-refractivity contribution is 0.118. The molecular formula is C22H36N4O6. The van der Waals surface area contributed by atoms with Crippen LogP contribution in [-0.4, -0.2) is 68.6 Å². The molecule has 0 fully saturated rings. The summed E-state index contributed by atoms with van der Waals surface area (Å²) < 4.78 is 9.82. The standard InChI is InChI=1S/C22H36N4O6/c1-3-17-31-21(29)25-15-11-7-8-12-16-26(22(30)32-18-4-2)20(28)24-14-10-6-5-9-13-23-19-27/h3-4H,1-2,5-18H2,(H,24,28)(H,25,29). The van der Waals surface area contributed by atoms with Crippen LogP contribution in [0.4, 0.5) is 14.4 Å². The first-order valence-corrected chi connectivity index (χ1v) is 10.9. The van der Waals surface area contributed by atoms with Gasteiger partial charge in [0.25, 0.3) is 0 Å². The van der Waals surface area contributed by atoms with Crippen LogP contribution >= 0.6 is 0 Å². The van der Waals surface area contributed by atoms with Gasteiger partial charge in [-0.3, -0.25) is 0 Å².